The molecule has 2 rings (SSSR count). The van der Waals surface area contributed by atoms with Crippen LogP contribution in [-0.2, 0) is 22.6 Å². The summed E-state index contributed by atoms with van der Waals surface area (Å²) in [7, 11) is 0. The molecule has 0 unspecified atom stereocenters. The van der Waals surface area contributed by atoms with Gasteiger partial charge in [0, 0.05) is 6.42 Å². The average Bonchev–Trinajstić information content (AvgIpc) is 2.54. The lowest BCUT2D eigenvalue weighted by molar-refractivity contribution is -0.109. The Morgan fingerprint density at radius 3 is 2.62 bits per heavy atom. The van der Waals surface area contributed by atoms with E-state index in [2.05, 4.69) is 11.4 Å². The first-order valence-corrected chi connectivity index (χ1v) is 6.66. The molecule has 0 spiro atoms. The van der Waals surface area contributed by atoms with Crippen molar-refractivity contribution in [3.05, 3.63) is 71.8 Å². The Balaban J connectivity index is 1.81. The van der Waals surface area contributed by atoms with Crippen molar-refractivity contribution < 1.29 is 14.3 Å². The van der Waals surface area contributed by atoms with Crippen molar-refractivity contribution in [2.24, 2.45) is 0 Å². The lowest BCUT2D eigenvalue weighted by atomic mass is 10.1. The lowest BCUT2D eigenvalue weighted by Gasteiger charge is -2.13. The van der Waals surface area contributed by atoms with Gasteiger partial charge in [-0.2, -0.15) is 0 Å². The summed E-state index contributed by atoms with van der Waals surface area (Å²) in [6, 6.07) is 19.1. The molecular formula is C17H16NO3. The average molecular weight is 282 g/mol. The Hall–Kier alpha value is -2.62. The molecule has 0 aromatic heterocycles. The summed E-state index contributed by atoms with van der Waals surface area (Å²) in [6.45, 7) is 0.176. The van der Waals surface area contributed by atoms with Crippen LogP contribution in [0.15, 0.2) is 54.6 Å². The van der Waals surface area contributed by atoms with E-state index >= 15 is 0 Å². The van der Waals surface area contributed by atoms with Gasteiger partial charge >= 0.3 is 6.09 Å². The topological polar surface area (TPSA) is 55.4 Å². The van der Waals surface area contributed by atoms with E-state index in [4.69, 9.17) is 4.74 Å². The molecule has 107 valence electrons. The zero-order chi connectivity index (χ0) is 14.9. The maximum atomic E-state index is 11.7. The van der Waals surface area contributed by atoms with Crippen LogP contribution in [0.5, 0.6) is 0 Å². The fourth-order valence-corrected chi connectivity index (χ4v) is 1.84. The van der Waals surface area contributed by atoms with Crippen molar-refractivity contribution in [3.8, 4) is 0 Å². The highest BCUT2D eigenvalue weighted by molar-refractivity contribution is 5.73. The summed E-state index contributed by atoms with van der Waals surface area (Å²) in [6.07, 6.45) is 0.488. The molecule has 0 aliphatic heterocycles. The number of hydrogen-bond donors (Lipinski definition) is 1. The van der Waals surface area contributed by atoms with Crippen LogP contribution in [0.4, 0.5) is 4.79 Å². The van der Waals surface area contributed by atoms with Crippen molar-refractivity contribution >= 4 is 12.4 Å². The summed E-state index contributed by atoms with van der Waals surface area (Å²) >= 11 is 0. The van der Waals surface area contributed by atoms with Crippen LogP contribution in [0.2, 0.25) is 0 Å². The van der Waals surface area contributed by atoms with Crippen LogP contribution in [-0.4, -0.2) is 18.4 Å². The smallest absolute Gasteiger partial charge is 0.408 e. The number of carbonyl (C=O) groups excluding carboxylic acids is 2. The van der Waals surface area contributed by atoms with Gasteiger partial charge in [0.05, 0.1) is 6.04 Å². The van der Waals surface area contributed by atoms with Crippen molar-refractivity contribution in [1.29, 1.82) is 0 Å². The Labute approximate surface area is 123 Å². The van der Waals surface area contributed by atoms with Gasteiger partial charge in [-0.15, -0.1) is 0 Å². The number of ether oxygens (including phenoxy) is 1. The van der Waals surface area contributed by atoms with Crippen LogP contribution in [0.25, 0.3) is 0 Å². The minimum Gasteiger partial charge on any atom is -0.445 e. The monoisotopic (exact) mass is 282 g/mol. The van der Waals surface area contributed by atoms with Gasteiger partial charge in [-0.1, -0.05) is 54.6 Å². The van der Waals surface area contributed by atoms with Crippen molar-refractivity contribution in [1.82, 2.24) is 5.32 Å². The fourth-order valence-electron chi connectivity index (χ4n) is 1.84. The summed E-state index contributed by atoms with van der Waals surface area (Å²) in [5.41, 5.74) is 1.75. The van der Waals surface area contributed by atoms with E-state index in [1.54, 1.807) is 6.07 Å². The van der Waals surface area contributed by atoms with Crippen LogP contribution in [0.1, 0.15) is 11.1 Å². The molecule has 21 heavy (non-hydrogen) atoms. The molecule has 1 N–H and O–H groups in total. The van der Waals surface area contributed by atoms with Gasteiger partial charge in [-0.3, -0.25) is 0 Å². The first kappa shape index (κ1) is 14.8. The van der Waals surface area contributed by atoms with Gasteiger partial charge in [-0.05, 0) is 17.2 Å². The third kappa shape index (κ3) is 5.10. The Morgan fingerprint density at radius 1 is 1.19 bits per heavy atom. The Kier molecular flexibility index (Phi) is 5.52. The molecule has 0 aliphatic rings. The molecule has 1 radical (unpaired) electrons. The van der Waals surface area contributed by atoms with Gasteiger partial charge in [0.25, 0.3) is 0 Å². The SMILES string of the molecule is O=C[C@H](Cc1[c]cccc1)NC(=O)OCc1ccccc1. The van der Waals surface area contributed by atoms with E-state index in [0.717, 1.165) is 11.1 Å². The number of aldehydes is 1. The minimum atomic E-state index is -0.619. The zero-order valence-corrected chi connectivity index (χ0v) is 11.5. The van der Waals surface area contributed by atoms with Gasteiger partial charge in [0.15, 0.2) is 0 Å². The Morgan fingerprint density at radius 2 is 1.95 bits per heavy atom. The number of rotatable bonds is 6. The van der Waals surface area contributed by atoms with E-state index in [9.17, 15) is 9.59 Å². The Bertz CT molecular complexity index is 569. The normalized spacial score (nSPS) is 11.4. The number of hydrogen-bond acceptors (Lipinski definition) is 3. The quantitative estimate of drug-likeness (QED) is 0.828. The molecule has 1 atom stereocenters. The second-order valence-corrected chi connectivity index (χ2v) is 4.54. The van der Waals surface area contributed by atoms with Gasteiger partial charge in [0.2, 0.25) is 0 Å². The molecule has 0 saturated heterocycles. The van der Waals surface area contributed by atoms with Gasteiger partial charge < -0.3 is 14.8 Å². The third-order valence-electron chi connectivity index (χ3n) is 2.89. The van der Waals surface area contributed by atoms with Crippen LogP contribution >= 0.6 is 0 Å². The minimum absolute atomic E-state index is 0.176. The molecule has 0 heterocycles. The molecule has 0 bridgehead atoms. The lowest BCUT2D eigenvalue weighted by Crippen LogP contribution is -2.37. The highest BCUT2D eigenvalue weighted by Crippen LogP contribution is 2.03. The predicted molar refractivity (Wildman–Crippen MR) is 78.6 cm³/mol. The fraction of sp³-hybridized carbons (Fsp3) is 0.176. The number of carbonyl (C=O) groups is 2. The molecule has 4 nitrogen and oxygen atoms in total. The summed E-state index contributed by atoms with van der Waals surface area (Å²) in [5, 5.41) is 2.54. The molecule has 0 saturated carbocycles. The largest absolute Gasteiger partial charge is 0.445 e. The van der Waals surface area contributed by atoms with Crippen LogP contribution < -0.4 is 5.32 Å². The van der Waals surface area contributed by atoms with E-state index in [0.29, 0.717) is 12.7 Å². The van der Waals surface area contributed by atoms with Crippen molar-refractivity contribution in [3.63, 3.8) is 0 Å². The third-order valence-corrected chi connectivity index (χ3v) is 2.89. The molecule has 4 heteroatoms. The second kappa shape index (κ2) is 7.85. The first-order chi connectivity index (χ1) is 10.3. The number of nitrogens with one attached hydrogen (secondary N) is 1. The first-order valence-electron chi connectivity index (χ1n) is 6.66. The highest BCUT2D eigenvalue weighted by atomic mass is 16.5. The van der Waals surface area contributed by atoms with E-state index in [-0.39, 0.29) is 6.61 Å². The standard InChI is InChI=1S/C17H16NO3/c19-12-16(11-14-7-3-1-4-8-14)18-17(20)21-13-15-9-5-2-6-10-15/h1-7,9-10,12,16H,11,13H2,(H,18,20)/t16-/m0/s1. The summed E-state index contributed by atoms with van der Waals surface area (Å²) in [4.78, 5) is 22.7. The van der Waals surface area contributed by atoms with Gasteiger partial charge in [0.1, 0.15) is 12.9 Å². The number of amides is 1. The molecular weight excluding hydrogens is 266 g/mol. The van der Waals surface area contributed by atoms with Crippen molar-refractivity contribution in [2.75, 3.05) is 0 Å². The number of benzene rings is 2. The maximum Gasteiger partial charge on any atom is 0.408 e. The van der Waals surface area contributed by atoms with Crippen LogP contribution in [0, 0.1) is 6.07 Å². The van der Waals surface area contributed by atoms with E-state index in [1.165, 1.54) is 0 Å². The maximum absolute atomic E-state index is 11.7. The molecule has 2 aromatic carbocycles. The molecule has 1 amide bonds. The summed E-state index contributed by atoms with van der Waals surface area (Å²) in [5.74, 6) is 0. The van der Waals surface area contributed by atoms with Crippen molar-refractivity contribution in [2.45, 2.75) is 19.1 Å². The van der Waals surface area contributed by atoms with E-state index in [1.807, 2.05) is 48.5 Å². The number of alkyl carbamates (subject to hydrolysis) is 1. The molecule has 0 fully saturated rings. The van der Waals surface area contributed by atoms with Gasteiger partial charge in [-0.25, -0.2) is 4.79 Å². The molecule has 2 aromatic rings. The summed E-state index contributed by atoms with van der Waals surface area (Å²) < 4.78 is 5.08. The zero-order valence-electron chi connectivity index (χ0n) is 11.5. The second-order valence-electron chi connectivity index (χ2n) is 4.54. The predicted octanol–water partition coefficient (Wildman–Crippen LogP) is 2.52. The molecule has 0 aliphatic carbocycles. The highest BCUT2D eigenvalue weighted by Gasteiger charge is 2.13. The van der Waals surface area contributed by atoms with E-state index < -0.39 is 12.1 Å². The van der Waals surface area contributed by atoms with Crippen LogP contribution in [0.3, 0.4) is 0 Å².